The van der Waals surface area contributed by atoms with E-state index in [0.29, 0.717) is 10.2 Å². The summed E-state index contributed by atoms with van der Waals surface area (Å²) in [7, 11) is 0. The summed E-state index contributed by atoms with van der Waals surface area (Å²) in [5.41, 5.74) is 6.18. The van der Waals surface area contributed by atoms with Crippen LogP contribution in [0, 0.1) is 11.7 Å². The Morgan fingerprint density at radius 2 is 2.24 bits per heavy atom. The predicted octanol–water partition coefficient (Wildman–Crippen LogP) is 2.90. The Kier molecular flexibility index (Phi) is 5.08. The lowest BCUT2D eigenvalue weighted by molar-refractivity contribution is -0.118. The molecule has 3 N–H and O–H groups in total. The largest absolute Gasteiger partial charge is 0.324 e. The number of carbonyl (C=O) groups is 1. The first-order valence-corrected chi connectivity index (χ1v) is 6.26. The second-order valence-electron chi connectivity index (χ2n) is 4.02. The Bertz CT molecular complexity index is 411. The van der Waals surface area contributed by atoms with Gasteiger partial charge in [0.15, 0.2) is 0 Å². The van der Waals surface area contributed by atoms with Crippen LogP contribution in [-0.2, 0) is 4.79 Å². The zero-order valence-corrected chi connectivity index (χ0v) is 11.4. The second-order valence-corrected chi connectivity index (χ2v) is 4.88. The summed E-state index contributed by atoms with van der Waals surface area (Å²) in [6.45, 7) is 3.88. The normalized spacial score (nSPS) is 14.2. The van der Waals surface area contributed by atoms with Crippen LogP contribution < -0.4 is 11.1 Å². The third-order valence-corrected chi connectivity index (χ3v) is 3.44. The molecule has 0 saturated carbocycles. The molecule has 0 aliphatic rings. The maximum Gasteiger partial charge on any atom is 0.241 e. The van der Waals surface area contributed by atoms with Gasteiger partial charge < -0.3 is 11.1 Å². The third kappa shape index (κ3) is 3.78. The highest BCUT2D eigenvalue weighted by Gasteiger charge is 2.20. The zero-order valence-electron chi connectivity index (χ0n) is 9.84. The number of nitrogens with two attached hydrogens (primary N) is 1. The van der Waals surface area contributed by atoms with Crippen molar-refractivity contribution in [1.29, 1.82) is 0 Å². The molecule has 1 aromatic rings. The minimum atomic E-state index is -0.588. The van der Waals surface area contributed by atoms with Gasteiger partial charge in [-0.25, -0.2) is 4.39 Å². The quantitative estimate of drug-likeness (QED) is 0.898. The minimum absolute atomic E-state index is 0.0855. The maximum atomic E-state index is 13.0. The van der Waals surface area contributed by atoms with Crippen LogP contribution in [0.15, 0.2) is 22.7 Å². The molecular weight excluding hydrogens is 287 g/mol. The Morgan fingerprint density at radius 3 is 2.82 bits per heavy atom. The van der Waals surface area contributed by atoms with Gasteiger partial charge in [-0.1, -0.05) is 20.3 Å². The number of nitrogens with one attached hydrogen (secondary N) is 1. The molecule has 1 aromatic carbocycles. The number of benzene rings is 1. The predicted molar refractivity (Wildman–Crippen MR) is 70.2 cm³/mol. The van der Waals surface area contributed by atoms with E-state index in [2.05, 4.69) is 21.2 Å². The van der Waals surface area contributed by atoms with Crippen LogP contribution in [-0.4, -0.2) is 11.9 Å². The van der Waals surface area contributed by atoms with Crippen LogP contribution in [0.1, 0.15) is 20.3 Å². The SMILES string of the molecule is CCC(C)[C@H](N)C(=O)Nc1cc(F)ccc1Br. The van der Waals surface area contributed by atoms with E-state index >= 15 is 0 Å². The average Bonchev–Trinajstić information content (AvgIpc) is 2.31. The molecule has 94 valence electrons. The second kappa shape index (κ2) is 6.12. The van der Waals surface area contributed by atoms with Crippen molar-refractivity contribution in [2.24, 2.45) is 11.7 Å². The zero-order chi connectivity index (χ0) is 13.0. The molecule has 1 amide bonds. The first kappa shape index (κ1) is 14.1. The average molecular weight is 303 g/mol. The Labute approximate surface area is 109 Å². The van der Waals surface area contributed by atoms with Crippen molar-refractivity contribution in [1.82, 2.24) is 0 Å². The van der Waals surface area contributed by atoms with E-state index in [1.807, 2.05) is 13.8 Å². The Morgan fingerprint density at radius 1 is 1.59 bits per heavy atom. The standard InChI is InChI=1S/C12H16BrFN2O/c1-3-7(2)11(15)12(17)16-10-6-8(14)4-5-9(10)13/h4-7,11H,3,15H2,1-2H3,(H,16,17)/t7?,11-/m0/s1. The number of hydrogen-bond donors (Lipinski definition) is 2. The molecule has 0 aromatic heterocycles. The molecule has 5 heteroatoms. The molecule has 0 aliphatic carbocycles. The van der Waals surface area contributed by atoms with E-state index in [9.17, 15) is 9.18 Å². The van der Waals surface area contributed by atoms with Crippen molar-refractivity contribution in [3.63, 3.8) is 0 Å². The summed E-state index contributed by atoms with van der Waals surface area (Å²) in [5, 5.41) is 2.62. The van der Waals surface area contributed by atoms with Crippen LogP contribution in [0.25, 0.3) is 0 Å². The van der Waals surface area contributed by atoms with Crippen LogP contribution in [0.2, 0.25) is 0 Å². The summed E-state index contributed by atoms with van der Waals surface area (Å²) in [6, 6.07) is 3.52. The fraction of sp³-hybridized carbons (Fsp3) is 0.417. The highest BCUT2D eigenvalue weighted by atomic mass is 79.9. The Hall–Kier alpha value is -0.940. The van der Waals surface area contributed by atoms with Gasteiger partial charge in [0.05, 0.1) is 11.7 Å². The molecular formula is C12H16BrFN2O. The van der Waals surface area contributed by atoms with Crippen molar-refractivity contribution in [2.45, 2.75) is 26.3 Å². The number of rotatable bonds is 4. The van der Waals surface area contributed by atoms with E-state index in [1.165, 1.54) is 12.1 Å². The van der Waals surface area contributed by atoms with Crippen LogP contribution in [0.4, 0.5) is 10.1 Å². The highest BCUT2D eigenvalue weighted by molar-refractivity contribution is 9.10. The molecule has 3 nitrogen and oxygen atoms in total. The van der Waals surface area contributed by atoms with Crippen LogP contribution in [0.5, 0.6) is 0 Å². The van der Waals surface area contributed by atoms with Gasteiger partial charge in [0, 0.05) is 4.47 Å². The summed E-state index contributed by atoms with van der Waals surface area (Å²) in [5.74, 6) is -0.617. The Balaban J connectivity index is 2.77. The molecule has 0 radical (unpaired) electrons. The van der Waals surface area contributed by atoms with Crippen LogP contribution in [0.3, 0.4) is 0 Å². The van der Waals surface area contributed by atoms with E-state index in [-0.39, 0.29) is 11.8 Å². The van der Waals surface area contributed by atoms with Crippen molar-refractivity contribution in [3.8, 4) is 0 Å². The lowest BCUT2D eigenvalue weighted by atomic mass is 9.99. The van der Waals surface area contributed by atoms with Crippen molar-refractivity contribution >= 4 is 27.5 Å². The van der Waals surface area contributed by atoms with Gasteiger partial charge in [0.25, 0.3) is 0 Å². The number of anilines is 1. The molecule has 2 atom stereocenters. The highest BCUT2D eigenvalue weighted by Crippen LogP contribution is 2.23. The van der Waals surface area contributed by atoms with E-state index in [0.717, 1.165) is 6.42 Å². The van der Waals surface area contributed by atoms with Crippen molar-refractivity contribution < 1.29 is 9.18 Å². The minimum Gasteiger partial charge on any atom is -0.324 e. The molecule has 0 spiro atoms. The molecule has 17 heavy (non-hydrogen) atoms. The first-order chi connectivity index (χ1) is 7.95. The van der Waals surface area contributed by atoms with E-state index < -0.39 is 11.9 Å². The van der Waals surface area contributed by atoms with Gasteiger partial charge in [0.1, 0.15) is 5.82 Å². The molecule has 0 aliphatic heterocycles. The van der Waals surface area contributed by atoms with Gasteiger partial charge >= 0.3 is 0 Å². The smallest absolute Gasteiger partial charge is 0.241 e. The third-order valence-electron chi connectivity index (χ3n) is 2.75. The maximum absolute atomic E-state index is 13.0. The van der Waals surface area contributed by atoms with Gasteiger partial charge in [-0.2, -0.15) is 0 Å². The van der Waals surface area contributed by atoms with Gasteiger partial charge in [-0.3, -0.25) is 4.79 Å². The number of amides is 1. The summed E-state index contributed by atoms with van der Waals surface area (Å²) < 4.78 is 13.6. The molecule has 0 saturated heterocycles. The number of carbonyl (C=O) groups excluding carboxylic acids is 1. The lowest BCUT2D eigenvalue weighted by Crippen LogP contribution is -2.40. The van der Waals surface area contributed by atoms with Crippen LogP contribution >= 0.6 is 15.9 Å². The van der Waals surface area contributed by atoms with E-state index in [4.69, 9.17) is 5.73 Å². The first-order valence-electron chi connectivity index (χ1n) is 5.47. The molecule has 0 heterocycles. The summed E-state index contributed by atoms with van der Waals surface area (Å²) in [4.78, 5) is 11.8. The van der Waals surface area contributed by atoms with Gasteiger partial charge in [-0.05, 0) is 40.0 Å². The molecule has 1 rings (SSSR count). The van der Waals surface area contributed by atoms with Gasteiger partial charge in [0.2, 0.25) is 5.91 Å². The summed E-state index contributed by atoms with van der Waals surface area (Å²) >= 11 is 3.24. The number of hydrogen-bond acceptors (Lipinski definition) is 2. The number of halogens is 2. The molecule has 0 fully saturated rings. The van der Waals surface area contributed by atoms with Crippen molar-refractivity contribution in [2.75, 3.05) is 5.32 Å². The van der Waals surface area contributed by atoms with Crippen molar-refractivity contribution in [3.05, 3.63) is 28.5 Å². The van der Waals surface area contributed by atoms with E-state index in [1.54, 1.807) is 6.07 Å². The molecule has 0 bridgehead atoms. The summed E-state index contributed by atoms with van der Waals surface area (Å²) in [6.07, 6.45) is 0.818. The molecule has 1 unspecified atom stereocenters. The fourth-order valence-electron chi connectivity index (χ4n) is 1.32. The lowest BCUT2D eigenvalue weighted by Gasteiger charge is -2.18. The van der Waals surface area contributed by atoms with Gasteiger partial charge in [-0.15, -0.1) is 0 Å². The monoisotopic (exact) mass is 302 g/mol. The fourth-order valence-corrected chi connectivity index (χ4v) is 1.67. The topological polar surface area (TPSA) is 55.1 Å².